The molecule has 2 aliphatic rings. The summed E-state index contributed by atoms with van der Waals surface area (Å²) < 4.78 is 8.14. The van der Waals surface area contributed by atoms with Gasteiger partial charge in [0.15, 0.2) is 5.82 Å². The first-order valence-corrected chi connectivity index (χ1v) is 10.0. The number of nitrogens with zero attached hydrogens (tertiary/aromatic N) is 4. The molecule has 1 unspecified atom stereocenters. The Morgan fingerprint density at radius 2 is 1.88 bits per heavy atom. The molecule has 4 rings (SSSR count). The Kier molecular flexibility index (Phi) is 5.36. The molecule has 0 spiro atoms. The van der Waals surface area contributed by atoms with Crippen LogP contribution in [-0.4, -0.2) is 39.4 Å². The summed E-state index contributed by atoms with van der Waals surface area (Å²) in [6.45, 7) is 9.45. The third-order valence-corrected chi connectivity index (χ3v) is 5.44. The first-order chi connectivity index (χ1) is 12.7. The molecule has 3 heterocycles. The van der Waals surface area contributed by atoms with Gasteiger partial charge in [0, 0.05) is 39.2 Å². The Hall–Kier alpha value is -1.72. The summed E-state index contributed by atoms with van der Waals surface area (Å²) in [5, 5.41) is 8.88. The minimum atomic E-state index is 0.149. The van der Waals surface area contributed by atoms with Gasteiger partial charge in [-0.15, -0.1) is 10.2 Å². The number of aromatic nitrogens is 3. The number of rotatable bonds is 5. The van der Waals surface area contributed by atoms with E-state index in [1.807, 2.05) is 0 Å². The zero-order valence-corrected chi connectivity index (χ0v) is 16.0. The maximum atomic E-state index is 5.83. The summed E-state index contributed by atoms with van der Waals surface area (Å²) in [5.74, 6) is 2.86. The van der Waals surface area contributed by atoms with Gasteiger partial charge in [-0.1, -0.05) is 38.1 Å². The number of benzene rings is 1. The summed E-state index contributed by atoms with van der Waals surface area (Å²) in [4.78, 5) is 2.53. The maximum absolute atomic E-state index is 5.83. The predicted octanol–water partition coefficient (Wildman–Crippen LogP) is 3.39. The van der Waals surface area contributed by atoms with Gasteiger partial charge in [-0.2, -0.15) is 0 Å². The Morgan fingerprint density at radius 3 is 2.62 bits per heavy atom. The van der Waals surface area contributed by atoms with Crippen LogP contribution < -0.4 is 0 Å². The highest BCUT2D eigenvalue weighted by Crippen LogP contribution is 2.28. The molecule has 5 nitrogen and oxygen atoms in total. The van der Waals surface area contributed by atoms with E-state index in [9.17, 15) is 0 Å². The Morgan fingerprint density at radius 1 is 1.08 bits per heavy atom. The molecule has 0 bridgehead atoms. The lowest BCUT2D eigenvalue weighted by atomic mass is 10.0. The zero-order valence-electron chi connectivity index (χ0n) is 16.0. The molecular formula is C21H30N4O. The molecule has 0 amide bonds. The van der Waals surface area contributed by atoms with Crippen molar-refractivity contribution in [2.75, 3.05) is 19.7 Å². The van der Waals surface area contributed by atoms with Gasteiger partial charge in [-0.25, -0.2) is 0 Å². The topological polar surface area (TPSA) is 43.2 Å². The van der Waals surface area contributed by atoms with E-state index in [0.717, 1.165) is 70.1 Å². The lowest BCUT2D eigenvalue weighted by Gasteiger charge is -2.20. The van der Waals surface area contributed by atoms with E-state index < -0.39 is 0 Å². The molecule has 26 heavy (non-hydrogen) atoms. The van der Waals surface area contributed by atoms with Crippen molar-refractivity contribution in [2.24, 2.45) is 5.92 Å². The molecule has 0 radical (unpaired) electrons. The SMILES string of the molecule is CC(C)Cc1ccc(CN2CCc3nnc(C4CCCO4)n3CC2)cc1. The fraction of sp³-hybridized carbons (Fsp3) is 0.619. The largest absolute Gasteiger partial charge is 0.370 e. The predicted molar refractivity (Wildman–Crippen MR) is 102 cm³/mol. The van der Waals surface area contributed by atoms with E-state index in [0.29, 0.717) is 5.92 Å². The van der Waals surface area contributed by atoms with Gasteiger partial charge < -0.3 is 9.30 Å². The molecule has 1 aromatic carbocycles. The third kappa shape index (κ3) is 3.99. The maximum Gasteiger partial charge on any atom is 0.162 e. The van der Waals surface area contributed by atoms with Crippen molar-refractivity contribution in [2.45, 2.75) is 58.7 Å². The highest BCUT2D eigenvalue weighted by atomic mass is 16.5. The third-order valence-electron chi connectivity index (χ3n) is 5.44. The lowest BCUT2D eigenvalue weighted by Crippen LogP contribution is -2.27. The summed E-state index contributed by atoms with van der Waals surface area (Å²) in [6, 6.07) is 9.16. The van der Waals surface area contributed by atoms with Crippen LogP contribution in [0.5, 0.6) is 0 Å². The Bertz CT molecular complexity index is 716. The van der Waals surface area contributed by atoms with Gasteiger partial charge in [0.1, 0.15) is 11.9 Å². The van der Waals surface area contributed by atoms with Gasteiger partial charge in [0.2, 0.25) is 0 Å². The van der Waals surface area contributed by atoms with Crippen molar-refractivity contribution in [3.8, 4) is 0 Å². The van der Waals surface area contributed by atoms with Crippen molar-refractivity contribution in [1.82, 2.24) is 19.7 Å². The summed E-state index contributed by atoms with van der Waals surface area (Å²) >= 11 is 0. The fourth-order valence-electron chi connectivity index (χ4n) is 4.08. The molecule has 0 N–H and O–H groups in total. The van der Waals surface area contributed by atoms with Crippen molar-refractivity contribution >= 4 is 0 Å². The molecule has 5 heteroatoms. The Balaban J connectivity index is 1.38. The number of hydrogen-bond acceptors (Lipinski definition) is 4. The number of hydrogen-bond donors (Lipinski definition) is 0. The lowest BCUT2D eigenvalue weighted by molar-refractivity contribution is 0.101. The first kappa shape index (κ1) is 17.7. The van der Waals surface area contributed by atoms with Gasteiger partial charge >= 0.3 is 0 Å². The fourth-order valence-corrected chi connectivity index (χ4v) is 4.08. The highest BCUT2D eigenvalue weighted by molar-refractivity contribution is 5.23. The molecule has 1 aromatic heterocycles. The van der Waals surface area contributed by atoms with E-state index in [2.05, 4.69) is 57.8 Å². The second kappa shape index (κ2) is 7.89. The van der Waals surface area contributed by atoms with Crippen LogP contribution in [0, 0.1) is 5.92 Å². The van der Waals surface area contributed by atoms with Crippen LogP contribution in [0.15, 0.2) is 24.3 Å². The molecular weight excluding hydrogens is 324 g/mol. The average molecular weight is 354 g/mol. The van der Waals surface area contributed by atoms with Gasteiger partial charge in [0.25, 0.3) is 0 Å². The van der Waals surface area contributed by atoms with Crippen LogP contribution in [0.2, 0.25) is 0 Å². The molecule has 2 aliphatic heterocycles. The van der Waals surface area contributed by atoms with Crippen LogP contribution in [0.3, 0.4) is 0 Å². The minimum absolute atomic E-state index is 0.149. The number of fused-ring (bicyclic) bond motifs is 1. The first-order valence-electron chi connectivity index (χ1n) is 10.0. The van der Waals surface area contributed by atoms with E-state index in [1.54, 1.807) is 0 Å². The molecule has 1 saturated heterocycles. The second-order valence-electron chi connectivity index (χ2n) is 8.07. The van der Waals surface area contributed by atoms with Crippen molar-refractivity contribution < 1.29 is 4.74 Å². The van der Waals surface area contributed by atoms with Crippen LogP contribution >= 0.6 is 0 Å². The van der Waals surface area contributed by atoms with Crippen LogP contribution in [0.4, 0.5) is 0 Å². The standard InChI is InChI=1S/C21H30N4O/c1-16(2)14-17-5-7-18(8-6-17)15-24-10-9-20-22-23-21(25(20)12-11-24)19-4-3-13-26-19/h5-8,16,19H,3-4,9-15H2,1-2H3. The van der Waals surface area contributed by atoms with Crippen molar-refractivity contribution in [3.63, 3.8) is 0 Å². The highest BCUT2D eigenvalue weighted by Gasteiger charge is 2.26. The zero-order chi connectivity index (χ0) is 17.9. The van der Waals surface area contributed by atoms with E-state index in [-0.39, 0.29) is 6.10 Å². The van der Waals surface area contributed by atoms with E-state index >= 15 is 0 Å². The summed E-state index contributed by atoms with van der Waals surface area (Å²) in [5.41, 5.74) is 2.83. The van der Waals surface area contributed by atoms with E-state index in [4.69, 9.17) is 4.74 Å². The van der Waals surface area contributed by atoms with E-state index in [1.165, 1.54) is 11.1 Å². The smallest absolute Gasteiger partial charge is 0.162 e. The molecule has 1 atom stereocenters. The second-order valence-corrected chi connectivity index (χ2v) is 8.07. The summed E-state index contributed by atoms with van der Waals surface area (Å²) in [7, 11) is 0. The normalized spacial score (nSPS) is 21.1. The molecule has 0 aliphatic carbocycles. The van der Waals surface area contributed by atoms with Gasteiger partial charge in [-0.05, 0) is 36.3 Å². The quantitative estimate of drug-likeness (QED) is 0.825. The molecule has 140 valence electrons. The monoisotopic (exact) mass is 354 g/mol. The van der Waals surface area contributed by atoms with Crippen LogP contribution in [-0.2, 0) is 30.7 Å². The van der Waals surface area contributed by atoms with Crippen molar-refractivity contribution in [1.29, 1.82) is 0 Å². The van der Waals surface area contributed by atoms with Gasteiger partial charge in [-0.3, -0.25) is 4.90 Å². The molecule has 0 saturated carbocycles. The molecule has 2 aromatic rings. The summed E-state index contributed by atoms with van der Waals surface area (Å²) in [6.07, 6.45) is 4.47. The number of ether oxygens (including phenoxy) is 1. The Labute approximate surface area is 156 Å². The van der Waals surface area contributed by atoms with Gasteiger partial charge in [0.05, 0.1) is 0 Å². The molecule has 1 fully saturated rings. The minimum Gasteiger partial charge on any atom is -0.370 e. The van der Waals surface area contributed by atoms with Crippen LogP contribution in [0.1, 0.15) is 55.6 Å². The van der Waals surface area contributed by atoms with Crippen molar-refractivity contribution in [3.05, 3.63) is 47.0 Å². The van der Waals surface area contributed by atoms with Crippen LogP contribution in [0.25, 0.3) is 0 Å². The average Bonchev–Trinajstić information content (AvgIpc) is 3.24.